The third-order valence-electron chi connectivity index (χ3n) is 6.30. The van der Waals surface area contributed by atoms with Gasteiger partial charge in [0, 0.05) is 19.6 Å². The molecule has 1 aliphatic heterocycles. The van der Waals surface area contributed by atoms with Gasteiger partial charge in [-0.1, -0.05) is 46.0 Å². The molecule has 20 heavy (non-hydrogen) atoms. The smallest absolute Gasteiger partial charge is 0.00506 e. The van der Waals surface area contributed by atoms with Gasteiger partial charge in [-0.15, -0.1) is 0 Å². The fourth-order valence-corrected chi connectivity index (χ4v) is 5.28. The van der Waals surface area contributed by atoms with Crippen molar-refractivity contribution in [3.05, 3.63) is 0 Å². The van der Waals surface area contributed by atoms with E-state index in [-0.39, 0.29) is 0 Å². The molecule has 0 bridgehead atoms. The Balaban J connectivity index is 1.37. The number of rotatable bonds is 4. The first-order valence-electron chi connectivity index (χ1n) is 9.38. The quantitative estimate of drug-likeness (QED) is 0.690. The summed E-state index contributed by atoms with van der Waals surface area (Å²) in [6.07, 6.45) is 15.4. The molecular weight excluding hydrogens is 242 g/mol. The van der Waals surface area contributed by atoms with Crippen LogP contribution in [0.25, 0.3) is 0 Å². The molecule has 2 aliphatic carbocycles. The Morgan fingerprint density at radius 1 is 0.900 bits per heavy atom. The molecule has 116 valence electrons. The zero-order valence-electron chi connectivity index (χ0n) is 13.9. The summed E-state index contributed by atoms with van der Waals surface area (Å²) >= 11 is 0. The molecule has 3 fully saturated rings. The molecule has 1 heterocycles. The van der Waals surface area contributed by atoms with E-state index in [1.165, 1.54) is 38.9 Å². The van der Waals surface area contributed by atoms with Crippen LogP contribution in [0.3, 0.4) is 0 Å². The molecule has 3 rings (SSSR count). The van der Waals surface area contributed by atoms with Crippen LogP contribution in [-0.2, 0) is 0 Å². The molecule has 0 aromatic rings. The van der Waals surface area contributed by atoms with Crippen LogP contribution in [0.2, 0.25) is 0 Å². The summed E-state index contributed by atoms with van der Waals surface area (Å²) in [5.74, 6) is 3.03. The SMILES string of the molecule is CC(C)CN1CC2(CCC(CC3CCCCC3)CC2)C1. The van der Waals surface area contributed by atoms with Gasteiger partial charge in [-0.3, -0.25) is 0 Å². The molecule has 0 atom stereocenters. The maximum Gasteiger partial charge on any atom is 0.00506 e. The second-order valence-electron chi connectivity index (χ2n) is 8.75. The Kier molecular flexibility index (Phi) is 4.75. The average Bonchev–Trinajstić information content (AvgIpc) is 2.40. The first-order valence-corrected chi connectivity index (χ1v) is 9.38. The normalized spacial score (nSPS) is 28.9. The first-order chi connectivity index (χ1) is 9.65. The number of hydrogen-bond acceptors (Lipinski definition) is 1. The van der Waals surface area contributed by atoms with E-state index < -0.39 is 0 Å². The Hall–Kier alpha value is -0.0400. The van der Waals surface area contributed by atoms with Crippen molar-refractivity contribution >= 4 is 0 Å². The minimum atomic E-state index is 0.762. The highest BCUT2D eigenvalue weighted by atomic mass is 15.2. The zero-order chi connectivity index (χ0) is 14.0. The predicted molar refractivity (Wildman–Crippen MR) is 86.9 cm³/mol. The van der Waals surface area contributed by atoms with Crippen molar-refractivity contribution in [1.29, 1.82) is 0 Å². The Bertz CT molecular complexity index is 287. The standard InChI is InChI=1S/C19H35N/c1-16(2)13-20-14-19(15-20)10-8-18(9-11-19)12-17-6-4-3-5-7-17/h16-18H,3-15H2,1-2H3. The van der Waals surface area contributed by atoms with Crippen LogP contribution in [0.5, 0.6) is 0 Å². The fourth-order valence-electron chi connectivity index (χ4n) is 5.28. The van der Waals surface area contributed by atoms with E-state index in [2.05, 4.69) is 18.7 Å². The summed E-state index contributed by atoms with van der Waals surface area (Å²) < 4.78 is 0. The van der Waals surface area contributed by atoms with Crippen LogP contribution in [-0.4, -0.2) is 24.5 Å². The molecule has 0 unspecified atom stereocenters. The molecule has 2 saturated carbocycles. The Morgan fingerprint density at radius 3 is 2.10 bits per heavy atom. The van der Waals surface area contributed by atoms with E-state index in [4.69, 9.17) is 0 Å². The van der Waals surface area contributed by atoms with Gasteiger partial charge in [-0.05, 0) is 55.3 Å². The molecule has 1 saturated heterocycles. The van der Waals surface area contributed by atoms with Crippen molar-refractivity contribution in [3.8, 4) is 0 Å². The van der Waals surface area contributed by atoms with E-state index >= 15 is 0 Å². The van der Waals surface area contributed by atoms with Gasteiger partial charge in [0.25, 0.3) is 0 Å². The van der Waals surface area contributed by atoms with Crippen molar-refractivity contribution < 1.29 is 0 Å². The monoisotopic (exact) mass is 277 g/mol. The molecule has 0 aromatic carbocycles. The lowest BCUT2D eigenvalue weighted by Gasteiger charge is -2.54. The molecule has 3 aliphatic rings. The van der Waals surface area contributed by atoms with Crippen LogP contribution < -0.4 is 0 Å². The third-order valence-corrected chi connectivity index (χ3v) is 6.30. The summed E-state index contributed by atoms with van der Waals surface area (Å²) in [4.78, 5) is 2.70. The van der Waals surface area contributed by atoms with Gasteiger partial charge in [0.05, 0.1) is 0 Å². The second-order valence-corrected chi connectivity index (χ2v) is 8.75. The third kappa shape index (κ3) is 3.59. The Morgan fingerprint density at radius 2 is 1.50 bits per heavy atom. The first kappa shape index (κ1) is 14.9. The predicted octanol–water partition coefficient (Wildman–Crippen LogP) is 5.11. The average molecular weight is 277 g/mol. The van der Waals surface area contributed by atoms with E-state index in [1.807, 2.05) is 0 Å². The van der Waals surface area contributed by atoms with E-state index in [1.54, 1.807) is 44.9 Å². The van der Waals surface area contributed by atoms with Gasteiger partial charge in [0.2, 0.25) is 0 Å². The molecule has 1 heteroatoms. The van der Waals surface area contributed by atoms with Crippen molar-refractivity contribution in [2.45, 2.75) is 78.1 Å². The Labute approximate surface area is 126 Å². The summed E-state index contributed by atoms with van der Waals surface area (Å²) in [6, 6.07) is 0. The molecule has 0 radical (unpaired) electrons. The highest BCUT2D eigenvalue weighted by Gasteiger charge is 2.44. The molecule has 1 spiro atoms. The van der Waals surface area contributed by atoms with Gasteiger partial charge in [0.15, 0.2) is 0 Å². The van der Waals surface area contributed by atoms with Crippen molar-refractivity contribution in [1.82, 2.24) is 4.90 Å². The number of likely N-dealkylation sites (tertiary alicyclic amines) is 1. The molecule has 0 aromatic heterocycles. The number of nitrogens with zero attached hydrogens (tertiary/aromatic N) is 1. The highest BCUT2D eigenvalue weighted by Crippen LogP contribution is 2.47. The van der Waals surface area contributed by atoms with E-state index in [9.17, 15) is 0 Å². The lowest BCUT2D eigenvalue weighted by molar-refractivity contribution is -0.0456. The molecule has 0 amide bonds. The largest absolute Gasteiger partial charge is 0.302 e. The summed E-state index contributed by atoms with van der Waals surface area (Å²) in [6.45, 7) is 8.87. The van der Waals surface area contributed by atoms with Gasteiger partial charge in [0.1, 0.15) is 0 Å². The maximum atomic E-state index is 2.70. The number of hydrogen-bond donors (Lipinski definition) is 0. The van der Waals surface area contributed by atoms with Gasteiger partial charge < -0.3 is 4.90 Å². The van der Waals surface area contributed by atoms with Crippen molar-refractivity contribution in [2.24, 2.45) is 23.2 Å². The van der Waals surface area contributed by atoms with Gasteiger partial charge in [-0.2, -0.15) is 0 Å². The van der Waals surface area contributed by atoms with Crippen LogP contribution in [0, 0.1) is 23.2 Å². The van der Waals surface area contributed by atoms with Crippen LogP contribution >= 0.6 is 0 Å². The van der Waals surface area contributed by atoms with Crippen LogP contribution in [0.4, 0.5) is 0 Å². The second kappa shape index (κ2) is 6.38. The molecular formula is C19H35N. The summed E-state index contributed by atoms with van der Waals surface area (Å²) in [5, 5.41) is 0. The van der Waals surface area contributed by atoms with Gasteiger partial charge >= 0.3 is 0 Å². The molecule has 1 nitrogen and oxygen atoms in total. The van der Waals surface area contributed by atoms with E-state index in [0.717, 1.165) is 23.2 Å². The summed E-state index contributed by atoms with van der Waals surface area (Å²) in [7, 11) is 0. The maximum absolute atomic E-state index is 2.70. The topological polar surface area (TPSA) is 3.24 Å². The van der Waals surface area contributed by atoms with Gasteiger partial charge in [-0.25, -0.2) is 0 Å². The lowest BCUT2D eigenvalue weighted by Crippen LogP contribution is -2.58. The van der Waals surface area contributed by atoms with E-state index in [0.29, 0.717) is 0 Å². The van der Waals surface area contributed by atoms with Crippen molar-refractivity contribution in [2.75, 3.05) is 19.6 Å². The van der Waals surface area contributed by atoms with Crippen LogP contribution in [0.1, 0.15) is 78.1 Å². The van der Waals surface area contributed by atoms with Crippen LogP contribution in [0.15, 0.2) is 0 Å². The highest BCUT2D eigenvalue weighted by molar-refractivity contribution is 4.98. The molecule has 0 N–H and O–H groups in total. The lowest BCUT2D eigenvalue weighted by atomic mass is 9.64. The summed E-state index contributed by atoms with van der Waals surface area (Å²) in [5.41, 5.74) is 0.762. The minimum absolute atomic E-state index is 0.762. The zero-order valence-corrected chi connectivity index (χ0v) is 13.9. The minimum Gasteiger partial charge on any atom is -0.302 e. The fraction of sp³-hybridized carbons (Fsp3) is 1.00. The van der Waals surface area contributed by atoms with Crippen molar-refractivity contribution in [3.63, 3.8) is 0 Å².